The maximum Gasteiger partial charge on any atom is 0.246 e. The highest BCUT2D eigenvalue weighted by molar-refractivity contribution is 7.99. The third-order valence-electron chi connectivity index (χ3n) is 3.17. The number of carbonyl (C=O) groups is 2. The van der Waals surface area contributed by atoms with Crippen LogP contribution in [0.4, 0.5) is 0 Å². The van der Waals surface area contributed by atoms with Crippen molar-refractivity contribution < 1.29 is 14.7 Å². The van der Waals surface area contributed by atoms with E-state index in [0.717, 1.165) is 5.75 Å². The molecule has 6 heteroatoms. The summed E-state index contributed by atoms with van der Waals surface area (Å²) in [5, 5.41) is 12.2. The van der Waals surface area contributed by atoms with E-state index in [4.69, 9.17) is 0 Å². The summed E-state index contributed by atoms with van der Waals surface area (Å²) in [5.41, 5.74) is 0. The van der Waals surface area contributed by atoms with Crippen molar-refractivity contribution in [1.29, 1.82) is 0 Å². The Hall–Kier alpha value is -0.750. The molecular weight excluding hydrogens is 240 g/mol. The zero-order chi connectivity index (χ0) is 12.3. The van der Waals surface area contributed by atoms with E-state index in [1.807, 2.05) is 0 Å². The minimum atomic E-state index is -0.384. The summed E-state index contributed by atoms with van der Waals surface area (Å²) in [4.78, 5) is 25.3. The summed E-state index contributed by atoms with van der Waals surface area (Å²) in [6, 6.07) is -0.384. The van der Waals surface area contributed by atoms with Gasteiger partial charge < -0.3 is 15.3 Å². The topological polar surface area (TPSA) is 69.6 Å². The van der Waals surface area contributed by atoms with Crippen molar-refractivity contribution in [2.24, 2.45) is 0 Å². The first-order chi connectivity index (χ1) is 8.16. The number of nitrogens with zero attached hydrogens (tertiary/aromatic N) is 1. The molecule has 0 aromatic rings. The monoisotopic (exact) mass is 258 g/mol. The highest BCUT2D eigenvalue weighted by Crippen LogP contribution is 2.15. The maximum absolute atomic E-state index is 12.2. The van der Waals surface area contributed by atoms with Gasteiger partial charge in [-0.15, -0.1) is 0 Å². The maximum atomic E-state index is 12.2. The largest absolute Gasteiger partial charge is 0.393 e. The highest BCUT2D eigenvalue weighted by atomic mass is 32.2. The molecular formula is C11H18N2O3S. The first kappa shape index (κ1) is 12.7. The molecule has 0 saturated carbocycles. The Morgan fingerprint density at radius 1 is 1.41 bits per heavy atom. The number of nitrogens with one attached hydrogen (secondary N) is 1. The summed E-state index contributed by atoms with van der Waals surface area (Å²) < 4.78 is 0. The molecule has 5 nitrogen and oxygen atoms in total. The van der Waals surface area contributed by atoms with E-state index in [0.29, 0.717) is 38.1 Å². The van der Waals surface area contributed by atoms with Crippen molar-refractivity contribution in [3.63, 3.8) is 0 Å². The van der Waals surface area contributed by atoms with Gasteiger partial charge in [0.05, 0.1) is 6.10 Å². The Morgan fingerprint density at radius 3 is 2.82 bits per heavy atom. The molecule has 0 aliphatic carbocycles. The standard InChI is InChI=1S/C11H18N2O3S/c14-8-1-4-13(5-2-8)11(16)9-7-17-6-3-10(15)12-9/h8-9,14H,1-7H2,(H,12,15)/t9-/m0/s1. The van der Waals surface area contributed by atoms with Crippen LogP contribution in [0.3, 0.4) is 0 Å². The van der Waals surface area contributed by atoms with Crippen LogP contribution in [0, 0.1) is 0 Å². The quantitative estimate of drug-likeness (QED) is 0.671. The lowest BCUT2D eigenvalue weighted by Crippen LogP contribution is -2.51. The number of thioether (sulfide) groups is 1. The van der Waals surface area contributed by atoms with E-state index in [1.165, 1.54) is 0 Å². The predicted molar refractivity (Wildman–Crippen MR) is 65.7 cm³/mol. The Morgan fingerprint density at radius 2 is 2.12 bits per heavy atom. The smallest absolute Gasteiger partial charge is 0.246 e. The first-order valence-electron chi connectivity index (χ1n) is 6.01. The molecule has 2 heterocycles. The molecule has 0 aromatic carbocycles. The van der Waals surface area contributed by atoms with Gasteiger partial charge in [0.25, 0.3) is 0 Å². The van der Waals surface area contributed by atoms with Crippen LogP contribution in [-0.4, -0.2) is 58.6 Å². The van der Waals surface area contributed by atoms with Gasteiger partial charge in [0.2, 0.25) is 11.8 Å². The van der Waals surface area contributed by atoms with Crippen molar-refractivity contribution in [3.8, 4) is 0 Å². The van der Waals surface area contributed by atoms with Gasteiger partial charge in [0, 0.05) is 31.0 Å². The van der Waals surface area contributed by atoms with Crippen LogP contribution >= 0.6 is 11.8 Å². The van der Waals surface area contributed by atoms with Crippen LogP contribution in [-0.2, 0) is 9.59 Å². The van der Waals surface area contributed by atoms with E-state index < -0.39 is 0 Å². The number of rotatable bonds is 1. The van der Waals surface area contributed by atoms with Gasteiger partial charge in [-0.3, -0.25) is 9.59 Å². The second kappa shape index (κ2) is 5.73. The van der Waals surface area contributed by atoms with E-state index in [1.54, 1.807) is 16.7 Å². The molecule has 0 bridgehead atoms. The van der Waals surface area contributed by atoms with Gasteiger partial charge >= 0.3 is 0 Å². The van der Waals surface area contributed by atoms with Gasteiger partial charge in [-0.2, -0.15) is 11.8 Å². The molecule has 0 unspecified atom stereocenters. The van der Waals surface area contributed by atoms with Crippen molar-refractivity contribution >= 4 is 23.6 Å². The molecule has 2 rings (SSSR count). The second-order valence-electron chi connectivity index (χ2n) is 4.50. The molecule has 2 saturated heterocycles. The van der Waals surface area contributed by atoms with Crippen LogP contribution in [0.1, 0.15) is 19.3 Å². The van der Waals surface area contributed by atoms with Crippen LogP contribution in [0.15, 0.2) is 0 Å². The molecule has 2 fully saturated rings. The SMILES string of the molecule is O=C1CCSC[C@@H](C(=O)N2CCC(O)CC2)N1. The number of carbonyl (C=O) groups excluding carboxylic acids is 2. The Bertz CT molecular complexity index is 303. The number of likely N-dealkylation sites (tertiary alicyclic amines) is 1. The first-order valence-corrected chi connectivity index (χ1v) is 7.16. The minimum Gasteiger partial charge on any atom is -0.393 e. The number of hydrogen-bond donors (Lipinski definition) is 2. The highest BCUT2D eigenvalue weighted by Gasteiger charge is 2.29. The fraction of sp³-hybridized carbons (Fsp3) is 0.818. The molecule has 2 N–H and O–H groups in total. The lowest BCUT2D eigenvalue weighted by Gasteiger charge is -2.32. The van der Waals surface area contributed by atoms with Crippen LogP contribution in [0.25, 0.3) is 0 Å². The molecule has 0 aromatic heterocycles. The summed E-state index contributed by atoms with van der Waals surface area (Å²) in [5.74, 6) is 1.41. The van der Waals surface area contributed by atoms with Crippen LogP contribution in [0.2, 0.25) is 0 Å². The summed E-state index contributed by atoms with van der Waals surface area (Å²) in [6.45, 7) is 1.19. The zero-order valence-corrected chi connectivity index (χ0v) is 10.5. The molecule has 1 atom stereocenters. The van der Waals surface area contributed by atoms with E-state index in [2.05, 4.69) is 5.32 Å². The molecule has 0 spiro atoms. The van der Waals surface area contributed by atoms with Crippen LogP contribution < -0.4 is 5.32 Å². The summed E-state index contributed by atoms with van der Waals surface area (Å²) >= 11 is 1.64. The van der Waals surface area contributed by atoms with Gasteiger partial charge in [-0.1, -0.05) is 0 Å². The predicted octanol–water partition coefficient (Wildman–Crippen LogP) is -0.409. The van der Waals surface area contributed by atoms with Gasteiger partial charge in [0.15, 0.2) is 0 Å². The molecule has 2 amide bonds. The molecule has 96 valence electrons. The summed E-state index contributed by atoms with van der Waals surface area (Å²) in [6.07, 6.45) is 1.49. The minimum absolute atomic E-state index is 0.000324. The van der Waals surface area contributed by atoms with Crippen LogP contribution in [0.5, 0.6) is 0 Å². The number of aliphatic hydroxyl groups excluding tert-OH is 1. The number of aliphatic hydroxyl groups is 1. The van der Waals surface area contributed by atoms with E-state index >= 15 is 0 Å². The Balaban J connectivity index is 1.91. The lowest BCUT2D eigenvalue weighted by atomic mass is 10.1. The van der Waals surface area contributed by atoms with Crippen molar-refractivity contribution in [1.82, 2.24) is 10.2 Å². The fourth-order valence-electron chi connectivity index (χ4n) is 2.11. The molecule has 0 radical (unpaired) electrons. The Kier molecular flexibility index (Phi) is 4.28. The third kappa shape index (κ3) is 3.35. The number of amides is 2. The summed E-state index contributed by atoms with van der Waals surface area (Å²) in [7, 11) is 0. The van der Waals surface area contributed by atoms with Gasteiger partial charge in [-0.25, -0.2) is 0 Å². The zero-order valence-electron chi connectivity index (χ0n) is 9.72. The third-order valence-corrected chi connectivity index (χ3v) is 4.23. The number of piperidine rings is 1. The van der Waals surface area contributed by atoms with E-state index in [9.17, 15) is 14.7 Å². The lowest BCUT2D eigenvalue weighted by molar-refractivity contribution is -0.137. The molecule has 17 heavy (non-hydrogen) atoms. The molecule has 2 aliphatic heterocycles. The second-order valence-corrected chi connectivity index (χ2v) is 5.65. The van der Waals surface area contributed by atoms with Crippen molar-refractivity contribution in [2.45, 2.75) is 31.4 Å². The number of hydrogen-bond acceptors (Lipinski definition) is 4. The van der Waals surface area contributed by atoms with Gasteiger partial charge in [0.1, 0.15) is 6.04 Å². The Labute approximate surface area is 105 Å². The average Bonchev–Trinajstić information content (AvgIpc) is 2.54. The fourth-order valence-corrected chi connectivity index (χ4v) is 3.07. The van der Waals surface area contributed by atoms with Crippen molar-refractivity contribution in [2.75, 3.05) is 24.6 Å². The average molecular weight is 258 g/mol. The van der Waals surface area contributed by atoms with E-state index in [-0.39, 0.29) is 24.0 Å². The molecule has 2 aliphatic rings. The van der Waals surface area contributed by atoms with Gasteiger partial charge in [-0.05, 0) is 12.8 Å². The normalized spacial score (nSPS) is 27.5. The van der Waals surface area contributed by atoms with Crippen molar-refractivity contribution in [3.05, 3.63) is 0 Å².